The highest BCUT2D eigenvalue weighted by molar-refractivity contribution is 8.00. The molecule has 2 heteroatoms. The minimum Gasteiger partial charge on any atom is -0.123 e. The molecule has 2 rings (SSSR count). The van der Waals surface area contributed by atoms with Gasteiger partial charge in [-0.2, -0.15) is 0 Å². The molecule has 1 aromatic rings. The first-order valence-electron chi connectivity index (χ1n) is 6.09. The highest BCUT2D eigenvalue weighted by Gasteiger charge is 2.25. The van der Waals surface area contributed by atoms with Crippen LogP contribution in [-0.2, 0) is 6.42 Å². The first-order valence-corrected chi connectivity index (χ1v) is 7.41. The van der Waals surface area contributed by atoms with Crippen LogP contribution in [0.2, 0.25) is 0 Å². The van der Waals surface area contributed by atoms with E-state index in [2.05, 4.69) is 38.1 Å². The quantitative estimate of drug-likeness (QED) is 0.699. The van der Waals surface area contributed by atoms with Crippen molar-refractivity contribution in [3.63, 3.8) is 0 Å². The summed E-state index contributed by atoms with van der Waals surface area (Å²) in [6.07, 6.45) is 3.53. The van der Waals surface area contributed by atoms with Gasteiger partial charge in [0, 0.05) is 15.5 Å². The molecule has 3 unspecified atom stereocenters. The summed E-state index contributed by atoms with van der Waals surface area (Å²) in [5, 5.41) is 1.07. The van der Waals surface area contributed by atoms with Gasteiger partial charge >= 0.3 is 0 Å². The second-order valence-corrected chi connectivity index (χ2v) is 6.59. The Bertz CT molecular complexity index is 325. The molecule has 0 bridgehead atoms. The number of hydrogen-bond acceptors (Lipinski definition) is 1. The molecule has 1 aliphatic heterocycles. The lowest BCUT2D eigenvalue weighted by Gasteiger charge is -2.19. The van der Waals surface area contributed by atoms with Crippen molar-refractivity contribution in [3.05, 3.63) is 29.8 Å². The number of alkyl halides is 1. The summed E-state index contributed by atoms with van der Waals surface area (Å²) >= 11 is 8.33. The van der Waals surface area contributed by atoms with Gasteiger partial charge in [-0.3, -0.25) is 0 Å². The van der Waals surface area contributed by atoms with Crippen LogP contribution in [0, 0.1) is 5.92 Å². The van der Waals surface area contributed by atoms with Gasteiger partial charge in [0.25, 0.3) is 0 Å². The molecule has 0 radical (unpaired) electrons. The lowest BCUT2D eigenvalue weighted by atomic mass is 9.97. The molecule has 0 spiro atoms. The minimum absolute atomic E-state index is 0.337. The van der Waals surface area contributed by atoms with E-state index < -0.39 is 0 Å². The van der Waals surface area contributed by atoms with Crippen molar-refractivity contribution in [3.8, 4) is 0 Å². The number of benzene rings is 1. The fraction of sp³-hybridized carbons (Fsp3) is 0.571. The van der Waals surface area contributed by atoms with Gasteiger partial charge in [0.15, 0.2) is 0 Å². The van der Waals surface area contributed by atoms with Crippen molar-refractivity contribution in [2.75, 3.05) is 0 Å². The van der Waals surface area contributed by atoms with Crippen LogP contribution in [0.1, 0.15) is 32.3 Å². The second kappa shape index (κ2) is 5.46. The highest BCUT2D eigenvalue weighted by Crippen LogP contribution is 2.40. The topological polar surface area (TPSA) is 0 Å². The zero-order valence-electron chi connectivity index (χ0n) is 9.95. The van der Waals surface area contributed by atoms with Crippen molar-refractivity contribution < 1.29 is 0 Å². The van der Waals surface area contributed by atoms with E-state index in [1.807, 2.05) is 11.8 Å². The third-order valence-corrected chi connectivity index (χ3v) is 5.44. The molecular formula is C14H19ClS. The van der Waals surface area contributed by atoms with Gasteiger partial charge in [0.05, 0.1) is 0 Å². The standard InChI is InChI=1S/C14H19ClS/c1-3-13(15)10(2)8-12-9-11-6-4-5-7-14(11)16-12/h4-7,10,12-13H,3,8-9H2,1-2H3. The van der Waals surface area contributed by atoms with Crippen molar-refractivity contribution in [2.24, 2.45) is 5.92 Å². The van der Waals surface area contributed by atoms with Gasteiger partial charge in [-0.05, 0) is 36.8 Å². The van der Waals surface area contributed by atoms with Gasteiger partial charge < -0.3 is 0 Å². The number of halogens is 1. The zero-order valence-corrected chi connectivity index (χ0v) is 11.5. The van der Waals surface area contributed by atoms with Gasteiger partial charge in [-0.1, -0.05) is 32.0 Å². The van der Waals surface area contributed by atoms with Crippen LogP contribution in [0.5, 0.6) is 0 Å². The van der Waals surface area contributed by atoms with Crippen LogP contribution in [0.15, 0.2) is 29.2 Å². The largest absolute Gasteiger partial charge is 0.123 e. The Morgan fingerprint density at radius 2 is 2.19 bits per heavy atom. The Labute approximate surface area is 108 Å². The molecule has 3 atom stereocenters. The Morgan fingerprint density at radius 1 is 1.44 bits per heavy atom. The van der Waals surface area contributed by atoms with E-state index in [0.29, 0.717) is 11.3 Å². The molecule has 0 amide bonds. The van der Waals surface area contributed by atoms with Crippen LogP contribution < -0.4 is 0 Å². The lowest BCUT2D eigenvalue weighted by molar-refractivity contribution is 0.486. The van der Waals surface area contributed by atoms with Crippen LogP contribution in [0.3, 0.4) is 0 Å². The van der Waals surface area contributed by atoms with Crippen molar-refractivity contribution >= 4 is 23.4 Å². The number of hydrogen-bond donors (Lipinski definition) is 0. The predicted octanol–water partition coefficient (Wildman–Crippen LogP) is 4.75. The maximum absolute atomic E-state index is 6.30. The third kappa shape index (κ3) is 2.75. The van der Waals surface area contributed by atoms with Crippen molar-refractivity contribution in [1.29, 1.82) is 0 Å². The van der Waals surface area contributed by atoms with E-state index in [-0.39, 0.29) is 0 Å². The summed E-state index contributed by atoms with van der Waals surface area (Å²) in [7, 11) is 0. The van der Waals surface area contributed by atoms with E-state index in [1.54, 1.807) is 0 Å². The molecule has 0 saturated carbocycles. The first kappa shape index (κ1) is 12.3. The SMILES string of the molecule is CCC(Cl)C(C)CC1Cc2ccccc2S1. The maximum Gasteiger partial charge on any atom is 0.0359 e. The monoisotopic (exact) mass is 254 g/mol. The lowest BCUT2D eigenvalue weighted by Crippen LogP contribution is -2.16. The van der Waals surface area contributed by atoms with Crippen molar-refractivity contribution in [1.82, 2.24) is 0 Å². The Kier molecular flexibility index (Phi) is 4.21. The van der Waals surface area contributed by atoms with Gasteiger partial charge in [-0.15, -0.1) is 23.4 Å². The Morgan fingerprint density at radius 3 is 2.88 bits per heavy atom. The van der Waals surface area contributed by atoms with E-state index >= 15 is 0 Å². The van der Waals surface area contributed by atoms with E-state index in [0.717, 1.165) is 11.7 Å². The highest BCUT2D eigenvalue weighted by atomic mass is 35.5. The van der Waals surface area contributed by atoms with Crippen LogP contribution >= 0.6 is 23.4 Å². The van der Waals surface area contributed by atoms with E-state index in [4.69, 9.17) is 11.6 Å². The maximum atomic E-state index is 6.30. The molecule has 1 aliphatic rings. The summed E-state index contributed by atoms with van der Waals surface area (Å²) in [5.41, 5.74) is 1.52. The average Bonchev–Trinajstić information content (AvgIpc) is 2.69. The molecule has 0 N–H and O–H groups in total. The van der Waals surface area contributed by atoms with Crippen molar-refractivity contribution in [2.45, 2.75) is 48.6 Å². The number of thioether (sulfide) groups is 1. The average molecular weight is 255 g/mol. The summed E-state index contributed by atoms with van der Waals surface area (Å²) in [5.74, 6) is 0.624. The molecule has 88 valence electrons. The summed E-state index contributed by atoms with van der Waals surface area (Å²) in [6.45, 7) is 4.45. The summed E-state index contributed by atoms with van der Waals surface area (Å²) in [6, 6.07) is 8.77. The van der Waals surface area contributed by atoms with Crippen LogP contribution in [0.4, 0.5) is 0 Å². The fourth-order valence-electron chi connectivity index (χ4n) is 2.35. The molecular weight excluding hydrogens is 236 g/mol. The van der Waals surface area contributed by atoms with Crippen LogP contribution in [0.25, 0.3) is 0 Å². The molecule has 16 heavy (non-hydrogen) atoms. The second-order valence-electron chi connectivity index (χ2n) is 4.69. The molecule has 0 aliphatic carbocycles. The van der Waals surface area contributed by atoms with E-state index in [9.17, 15) is 0 Å². The Hall–Kier alpha value is -0.140. The molecule has 1 aromatic carbocycles. The molecule has 0 fully saturated rings. The first-order chi connectivity index (χ1) is 7.70. The Balaban J connectivity index is 1.92. The third-order valence-electron chi connectivity index (χ3n) is 3.36. The fourth-order valence-corrected chi connectivity index (χ4v) is 3.93. The molecule has 0 nitrogen and oxygen atoms in total. The van der Waals surface area contributed by atoms with E-state index in [1.165, 1.54) is 23.3 Å². The van der Waals surface area contributed by atoms with Gasteiger partial charge in [0.2, 0.25) is 0 Å². The molecule has 1 heterocycles. The van der Waals surface area contributed by atoms with Crippen LogP contribution in [-0.4, -0.2) is 10.6 Å². The normalized spacial score (nSPS) is 22.8. The zero-order chi connectivity index (χ0) is 11.5. The molecule has 0 saturated heterocycles. The minimum atomic E-state index is 0.337. The van der Waals surface area contributed by atoms with Gasteiger partial charge in [0.1, 0.15) is 0 Å². The summed E-state index contributed by atoms with van der Waals surface area (Å²) < 4.78 is 0. The van der Waals surface area contributed by atoms with Gasteiger partial charge in [-0.25, -0.2) is 0 Å². The number of rotatable bonds is 4. The number of fused-ring (bicyclic) bond motifs is 1. The predicted molar refractivity (Wildman–Crippen MR) is 73.5 cm³/mol. The summed E-state index contributed by atoms with van der Waals surface area (Å²) in [4.78, 5) is 1.47. The molecule has 0 aromatic heterocycles. The smallest absolute Gasteiger partial charge is 0.0359 e.